The van der Waals surface area contributed by atoms with Gasteiger partial charge in [-0.05, 0) is 31.9 Å². The zero-order valence-corrected chi connectivity index (χ0v) is 10.6. The Balaban J connectivity index is 2.19. The Hall–Kier alpha value is -0.840. The highest BCUT2D eigenvalue weighted by molar-refractivity contribution is 5.12. The summed E-state index contributed by atoms with van der Waals surface area (Å²) in [7, 11) is 0. The van der Waals surface area contributed by atoms with E-state index in [1.807, 2.05) is 19.1 Å². The maximum atomic E-state index is 9.64. The predicted molar refractivity (Wildman–Crippen MR) is 66.6 cm³/mol. The van der Waals surface area contributed by atoms with Crippen molar-refractivity contribution in [3.8, 4) is 0 Å². The lowest BCUT2D eigenvalue weighted by Crippen LogP contribution is -2.40. The lowest BCUT2D eigenvalue weighted by atomic mass is 10.0. The van der Waals surface area contributed by atoms with E-state index in [4.69, 9.17) is 10.2 Å². The monoisotopic (exact) mass is 238 g/mol. The lowest BCUT2D eigenvalue weighted by Gasteiger charge is -2.30. The summed E-state index contributed by atoms with van der Waals surface area (Å²) in [5.41, 5.74) is 6.20. The van der Waals surface area contributed by atoms with Crippen molar-refractivity contribution in [2.24, 2.45) is 5.73 Å². The summed E-state index contributed by atoms with van der Waals surface area (Å²) in [4.78, 5) is 2.23. The first kappa shape index (κ1) is 12.6. The Bertz CT molecular complexity index is 364. The van der Waals surface area contributed by atoms with Crippen LogP contribution < -0.4 is 5.73 Å². The maximum Gasteiger partial charge on any atom is 0.122 e. The average Bonchev–Trinajstić information content (AvgIpc) is 2.89. The number of hydrogen-bond acceptors (Lipinski definition) is 4. The number of hydrogen-bond donors (Lipinski definition) is 2. The van der Waals surface area contributed by atoms with Crippen LogP contribution in [0.2, 0.25) is 0 Å². The second-order valence-electron chi connectivity index (χ2n) is 4.90. The highest BCUT2D eigenvalue weighted by Gasteiger charge is 2.33. The van der Waals surface area contributed by atoms with Crippen molar-refractivity contribution in [1.29, 1.82) is 0 Å². The first-order valence-electron chi connectivity index (χ1n) is 6.35. The molecule has 1 aromatic heterocycles. The summed E-state index contributed by atoms with van der Waals surface area (Å²) >= 11 is 0. The van der Waals surface area contributed by atoms with E-state index < -0.39 is 0 Å². The zero-order chi connectivity index (χ0) is 12.4. The Kier molecular flexibility index (Phi) is 3.86. The Morgan fingerprint density at radius 2 is 2.35 bits per heavy atom. The van der Waals surface area contributed by atoms with Crippen molar-refractivity contribution in [2.45, 2.75) is 44.9 Å². The van der Waals surface area contributed by atoms with Gasteiger partial charge in [0.1, 0.15) is 11.5 Å². The topological polar surface area (TPSA) is 62.6 Å². The first-order chi connectivity index (χ1) is 8.11. The smallest absolute Gasteiger partial charge is 0.122 e. The lowest BCUT2D eigenvalue weighted by molar-refractivity contribution is 0.137. The van der Waals surface area contributed by atoms with E-state index in [1.54, 1.807) is 0 Å². The molecule has 1 aliphatic heterocycles. The largest absolute Gasteiger partial charge is 0.465 e. The van der Waals surface area contributed by atoms with Crippen LogP contribution >= 0.6 is 0 Å². The third-order valence-corrected chi connectivity index (χ3v) is 3.52. The minimum absolute atomic E-state index is 0.0471. The minimum atomic E-state index is -0.224. The molecule has 4 nitrogen and oxygen atoms in total. The molecule has 0 aliphatic carbocycles. The van der Waals surface area contributed by atoms with Gasteiger partial charge in [-0.25, -0.2) is 0 Å². The van der Waals surface area contributed by atoms with Crippen molar-refractivity contribution in [3.63, 3.8) is 0 Å². The van der Waals surface area contributed by atoms with E-state index in [2.05, 4.69) is 11.8 Å². The van der Waals surface area contributed by atoms with E-state index in [0.29, 0.717) is 6.54 Å². The van der Waals surface area contributed by atoms with Crippen LogP contribution in [-0.4, -0.2) is 35.2 Å². The van der Waals surface area contributed by atoms with Gasteiger partial charge in [0.05, 0.1) is 12.1 Å². The number of β-amino-alcohol motifs (C(OH)–C–C–N with tert-alkyl or cyclic N) is 1. The number of nitrogens with two attached hydrogens (primary N) is 1. The van der Waals surface area contributed by atoms with Gasteiger partial charge >= 0.3 is 0 Å². The van der Waals surface area contributed by atoms with Gasteiger partial charge in [0.15, 0.2) is 0 Å². The fourth-order valence-electron chi connectivity index (χ4n) is 2.52. The number of likely N-dealkylation sites (tertiary alicyclic amines) is 1. The molecule has 1 aromatic rings. The molecule has 17 heavy (non-hydrogen) atoms. The third kappa shape index (κ3) is 2.70. The molecule has 0 saturated carbocycles. The summed E-state index contributed by atoms with van der Waals surface area (Å²) in [6, 6.07) is 4.11. The number of aryl methyl sites for hydroxylation is 1. The van der Waals surface area contributed by atoms with Crippen LogP contribution in [0.1, 0.15) is 37.3 Å². The van der Waals surface area contributed by atoms with Gasteiger partial charge in [-0.15, -0.1) is 0 Å². The Morgan fingerprint density at radius 3 is 2.82 bits per heavy atom. The average molecular weight is 238 g/mol. The van der Waals surface area contributed by atoms with Crippen molar-refractivity contribution >= 4 is 0 Å². The van der Waals surface area contributed by atoms with Gasteiger partial charge in [0.2, 0.25) is 0 Å². The van der Waals surface area contributed by atoms with Crippen molar-refractivity contribution in [2.75, 3.05) is 13.1 Å². The fourth-order valence-corrected chi connectivity index (χ4v) is 2.52. The highest BCUT2D eigenvalue weighted by Crippen LogP contribution is 2.29. The van der Waals surface area contributed by atoms with E-state index in [1.165, 1.54) is 0 Å². The molecule has 96 valence electrons. The molecular weight excluding hydrogens is 216 g/mol. The molecule has 3 atom stereocenters. The summed E-state index contributed by atoms with van der Waals surface area (Å²) in [6.45, 7) is 5.61. The van der Waals surface area contributed by atoms with Crippen LogP contribution in [0, 0.1) is 6.92 Å². The summed E-state index contributed by atoms with van der Waals surface area (Å²) < 4.78 is 5.71. The van der Waals surface area contributed by atoms with Gasteiger partial charge in [-0.3, -0.25) is 4.90 Å². The second kappa shape index (κ2) is 5.21. The van der Waals surface area contributed by atoms with Crippen LogP contribution in [0.15, 0.2) is 16.5 Å². The predicted octanol–water partition coefficient (Wildman–Crippen LogP) is 1.43. The summed E-state index contributed by atoms with van der Waals surface area (Å²) in [6.07, 6.45) is 1.50. The van der Waals surface area contributed by atoms with Crippen LogP contribution in [0.4, 0.5) is 0 Å². The van der Waals surface area contributed by atoms with Crippen LogP contribution in [0.5, 0.6) is 0 Å². The summed E-state index contributed by atoms with van der Waals surface area (Å²) in [5.74, 6) is 1.83. The third-order valence-electron chi connectivity index (χ3n) is 3.52. The van der Waals surface area contributed by atoms with Crippen molar-refractivity contribution in [3.05, 3.63) is 23.7 Å². The molecule has 0 radical (unpaired) electrons. The van der Waals surface area contributed by atoms with E-state index in [-0.39, 0.29) is 18.2 Å². The van der Waals surface area contributed by atoms with Gasteiger partial charge in [-0.1, -0.05) is 6.92 Å². The minimum Gasteiger partial charge on any atom is -0.465 e. The van der Waals surface area contributed by atoms with Gasteiger partial charge in [0.25, 0.3) is 0 Å². The number of nitrogens with zero attached hydrogens (tertiary/aromatic N) is 1. The molecule has 3 N–H and O–H groups in total. The number of aliphatic hydroxyl groups excluding tert-OH is 1. The van der Waals surface area contributed by atoms with Crippen molar-refractivity contribution < 1.29 is 9.52 Å². The molecule has 2 heterocycles. The van der Waals surface area contributed by atoms with Crippen LogP contribution in [0.3, 0.4) is 0 Å². The molecule has 0 aromatic carbocycles. The Labute approximate surface area is 102 Å². The standard InChI is InChI=1S/C13H22N2O2/c1-3-11(14)13(12-5-4-9(2)17-12)15-7-6-10(16)8-15/h4-5,10-11,13,16H,3,6-8,14H2,1-2H3. The number of rotatable bonds is 4. The van der Waals surface area contributed by atoms with E-state index in [9.17, 15) is 5.11 Å². The summed E-state index contributed by atoms with van der Waals surface area (Å²) in [5, 5.41) is 9.64. The molecule has 0 spiro atoms. The zero-order valence-electron chi connectivity index (χ0n) is 10.6. The molecular formula is C13H22N2O2. The Morgan fingerprint density at radius 1 is 1.59 bits per heavy atom. The molecule has 1 aliphatic rings. The molecule has 1 fully saturated rings. The molecule has 0 bridgehead atoms. The molecule has 3 unspecified atom stereocenters. The SMILES string of the molecule is CCC(N)C(c1ccc(C)o1)N1CCC(O)C1. The first-order valence-corrected chi connectivity index (χ1v) is 6.35. The second-order valence-corrected chi connectivity index (χ2v) is 4.90. The quantitative estimate of drug-likeness (QED) is 0.833. The van der Waals surface area contributed by atoms with Crippen molar-refractivity contribution in [1.82, 2.24) is 4.90 Å². The van der Waals surface area contributed by atoms with Crippen LogP contribution in [-0.2, 0) is 0 Å². The highest BCUT2D eigenvalue weighted by atomic mass is 16.3. The number of furan rings is 1. The van der Waals surface area contributed by atoms with Gasteiger partial charge in [0, 0.05) is 19.1 Å². The maximum absolute atomic E-state index is 9.64. The van der Waals surface area contributed by atoms with Gasteiger partial charge < -0.3 is 15.3 Å². The van der Waals surface area contributed by atoms with Crippen LogP contribution in [0.25, 0.3) is 0 Å². The fraction of sp³-hybridized carbons (Fsp3) is 0.692. The van der Waals surface area contributed by atoms with Gasteiger partial charge in [-0.2, -0.15) is 0 Å². The molecule has 1 saturated heterocycles. The molecule has 0 amide bonds. The normalized spacial score (nSPS) is 25.1. The van der Waals surface area contributed by atoms with E-state index >= 15 is 0 Å². The molecule has 2 rings (SSSR count). The number of aliphatic hydroxyl groups is 1. The molecule has 4 heteroatoms. The van der Waals surface area contributed by atoms with E-state index in [0.717, 1.165) is 30.9 Å².